The molecule has 0 radical (unpaired) electrons. The predicted molar refractivity (Wildman–Crippen MR) is 58.1 cm³/mol. The van der Waals surface area contributed by atoms with Crippen LogP contribution in [0.1, 0.15) is 39.5 Å². The molecule has 1 amide bonds. The molecular formula is C11H22N2O. The Labute approximate surface area is 86.6 Å². The number of nitrogens with one attached hydrogen (secondary N) is 2. The second-order valence-electron chi connectivity index (χ2n) is 4.17. The van der Waals surface area contributed by atoms with Gasteiger partial charge in [-0.25, -0.2) is 0 Å². The molecule has 2 atom stereocenters. The van der Waals surface area contributed by atoms with Crippen LogP contribution in [-0.2, 0) is 4.79 Å². The van der Waals surface area contributed by atoms with E-state index in [1.165, 1.54) is 19.3 Å². The highest BCUT2D eigenvalue weighted by molar-refractivity contribution is 5.75. The van der Waals surface area contributed by atoms with Gasteiger partial charge in [0.1, 0.15) is 0 Å². The van der Waals surface area contributed by atoms with E-state index >= 15 is 0 Å². The summed E-state index contributed by atoms with van der Waals surface area (Å²) in [4.78, 5) is 11.1. The number of hydrogen-bond acceptors (Lipinski definition) is 2. The number of rotatable bonds is 5. The minimum Gasteiger partial charge on any atom is -0.356 e. The van der Waals surface area contributed by atoms with Gasteiger partial charge in [0.2, 0.25) is 5.91 Å². The van der Waals surface area contributed by atoms with Crippen LogP contribution in [-0.4, -0.2) is 25.0 Å². The quantitative estimate of drug-likeness (QED) is 0.699. The van der Waals surface area contributed by atoms with E-state index in [1.807, 2.05) is 6.92 Å². The lowest BCUT2D eigenvalue weighted by Crippen LogP contribution is -2.34. The summed E-state index contributed by atoms with van der Waals surface area (Å²) >= 11 is 0. The fourth-order valence-corrected chi connectivity index (χ4v) is 2.11. The number of carbonyl (C=O) groups is 1. The van der Waals surface area contributed by atoms with E-state index < -0.39 is 0 Å². The summed E-state index contributed by atoms with van der Waals surface area (Å²) in [6.45, 7) is 5.79. The first-order valence-electron chi connectivity index (χ1n) is 5.74. The Morgan fingerprint density at radius 3 is 2.79 bits per heavy atom. The first kappa shape index (κ1) is 11.5. The minimum atomic E-state index is 0.158. The average molecular weight is 198 g/mol. The van der Waals surface area contributed by atoms with E-state index in [-0.39, 0.29) is 5.91 Å². The SMILES string of the molecule is CCNC(=O)CCNC1CCCC1C. The Morgan fingerprint density at radius 1 is 1.43 bits per heavy atom. The molecule has 0 aromatic heterocycles. The van der Waals surface area contributed by atoms with Gasteiger partial charge in [0.15, 0.2) is 0 Å². The molecule has 1 fully saturated rings. The highest BCUT2D eigenvalue weighted by Crippen LogP contribution is 2.24. The van der Waals surface area contributed by atoms with E-state index in [1.54, 1.807) is 0 Å². The molecule has 1 aliphatic rings. The number of amides is 1. The molecule has 2 N–H and O–H groups in total. The van der Waals surface area contributed by atoms with E-state index in [0.717, 1.165) is 19.0 Å². The summed E-state index contributed by atoms with van der Waals surface area (Å²) in [6.07, 6.45) is 4.55. The smallest absolute Gasteiger partial charge is 0.221 e. The summed E-state index contributed by atoms with van der Waals surface area (Å²) in [5.41, 5.74) is 0. The molecule has 0 saturated heterocycles. The Morgan fingerprint density at radius 2 is 2.21 bits per heavy atom. The number of hydrogen-bond donors (Lipinski definition) is 2. The maximum atomic E-state index is 11.1. The second-order valence-corrected chi connectivity index (χ2v) is 4.17. The van der Waals surface area contributed by atoms with Gasteiger partial charge >= 0.3 is 0 Å². The van der Waals surface area contributed by atoms with Crippen LogP contribution in [0.25, 0.3) is 0 Å². The van der Waals surface area contributed by atoms with Gasteiger partial charge < -0.3 is 10.6 Å². The summed E-state index contributed by atoms with van der Waals surface area (Å²) in [7, 11) is 0. The predicted octanol–water partition coefficient (Wildman–Crippen LogP) is 1.29. The Kier molecular flexibility index (Phi) is 4.94. The standard InChI is InChI=1S/C11H22N2O/c1-3-12-11(14)7-8-13-10-6-4-5-9(10)2/h9-10,13H,3-8H2,1-2H3,(H,12,14). The molecule has 3 nitrogen and oxygen atoms in total. The van der Waals surface area contributed by atoms with Gasteiger partial charge in [-0.1, -0.05) is 13.3 Å². The van der Waals surface area contributed by atoms with Gasteiger partial charge in [-0.2, -0.15) is 0 Å². The third-order valence-electron chi connectivity index (χ3n) is 2.99. The third kappa shape index (κ3) is 3.66. The zero-order valence-corrected chi connectivity index (χ0v) is 9.31. The summed E-state index contributed by atoms with van der Waals surface area (Å²) in [5, 5.41) is 6.26. The fourth-order valence-electron chi connectivity index (χ4n) is 2.11. The van der Waals surface area contributed by atoms with E-state index in [2.05, 4.69) is 17.6 Å². The molecule has 1 aliphatic carbocycles. The zero-order valence-electron chi connectivity index (χ0n) is 9.31. The molecule has 3 heteroatoms. The van der Waals surface area contributed by atoms with Gasteiger partial charge in [-0.15, -0.1) is 0 Å². The van der Waals surface area contributed by atoms with Crippen LogP contribution in [0, 0.1) is 5.92 Å². The number of carbonyl (C=O) groups excluding carboxylic acids is 1. The van der Waals surface area contributed by atoms with Crippen molar-refractivity contribution in [3.63, 3.8) is 0 Å². The van der Waals surface area contributed by atoms with Crippen LogP contribution < -0.4 is 10.6 Å². The summed E-state index contributed by atoms with van der Waals surface area (Å²) in [6, 6.07) is 0.643. The van der Waals surface area contributed by atoms with Crippen molar-refractivity contribution in [2.75, 3.05) is 13.1 Å². The van der Waals surface area contributed by atoms with Gasteiger partial charge in [0.25, 0.3) is 0 Å². The lowest BCUT2D eigenvalue weighted by atomic mass is 10.1. The monoisotopic (exact) mass is 198 g/mol. The normalized spacial score (nSPS) is 26.4. The average Bonchev–Trinajstić information content (AvgIpc) is 2.52. The Hall–Kier alpha value is -0.570. The first-order chi connectivity index (χ1) is 6.74. The van der Waals surface area contributed by atoms with Crippen molar-refractivity contribution in [1.82, 2.24) is 10.6 Å². The highest BCUT2D eigenvalue weighted by Gasteiger charge is 2.22. The zero-order chi connectivity index (χ0) is 10.4. The molecule has 0 spiro atoms. The lowest BCUT2D eigenvalue weighted by molar-refractivity contribution is -0.120. The maximum absolute atomic E-state index is 11.1. The van der Waals surface area contributed by atoms with Crippen molar-refractivity contribution in [2.24, 2.45) is 5.92 Å². The van der Waals surface area contributed by atoms with Crippen molar-refractivity contribution >= 4 is 5.91 Å². The fraction of sp³-hybridized carbons (Fsp3) is 0.909. The molecule has 0 aromatic carbocycles. The van der Waals surface area contributed by atoms with Crippen LogP contribution in [0.4, 0.5) is 0 Å². The van der Waals surface area contributed by atoms with E-state index in [0.29, 0.717) is 12.5 Å². The van der Waals surface area contributed by atoms with Gasteiger partial charge in [-0.05, 0) is 25.7 Å². The van der Waals surface area contributed by atoms with Crippen molar-refractivity contribution < 1.29 is 4.79 Å². The van der Waals surface area contributed by atoms with Crippen LogP contribution in [0.15, 0.2) is 0 Å². The maximum Gasteiger partial charge on any atom is 0.221 e. The molecule has 1 rings (SSSR count). The van der Waals surface area contributed by atoms with Crippen LogP contribution in [0.2, 0.25) is 0 Å². The van der Waals surface area contributed by atoms with Crippen molar-refractivity contribution in [2.45, 2.75) is 45.6 Å². The van der Waals surface area contributed by atoms with Crippen LogP contribution >= 0.6 is 0 Å². The minimum absolute atomic E-state index is 0.158. The molecule has 82 valence electrons. The van der Waals surface area contributed by atoms with E-state index in [4.69, 9.17) is 0 Å². The molecule has 0 aliphatic heterocycles. The van der Waals surface area contributed by atoms with Gasteiger partial charge in [-0.3, -0.25) is 4.79 Å². The third-order valence-corrected chi connectivity index (χ3v) is 2.99. The van der Waals surface area contributed by atoms with E-state index in [9.17, 15) is 4.79 Å². The molecule has 0 aromatic rings. The Balaban J connectivity index is 2.06. The first-order valence-corrected chi connectivity index (χ1v) is 5.74. The van der Waals surface area contributed by atoms with Crippen LogP contribution in [0.3, 0.4) is 0 Å². The van der Waals surface area contributed by atoms with Crippen molar-refractivity contribution in [3.05, 3.63) is 0 Å². The van der Waals surface area contributed by atoms with Crippen molar-refractivity contribution in [3.8, 4) is 0 Å². The Bertz CT molecular complexity index is 182. The summed E-state index contributed by atoms with van der Waals surface area (Å²) < 4.78 is 0. The molecular weight excluding hydrogens is 176 g/mol. The second kappa shape index (κ2) is 6.02. The topological polar surface area (TPSA) is 41.1 Å². The summed E-state index contributed by atoms with van der Waals surface area (Å²) in [5.74, 6) is 0.940. The van der Waals surface area contributed by atoms with Crippen LogP contribution in [0.5, 0.6) is 0 Å². The van der Waals surface area contributed by atoms with Crippen molar-refractivity contribution in [1.29, 1.82) is 0 Å². The van der Waals surface area contributed by atoms with Gasteiger partial charge in [0, 0.05) is 25.6 Å². The molecule has 1 saturated carbocycles. The van der Waals surface area contributed by atoms with Gasteiger partial charge in [0.05, 0.1) is 0 Å². The molecule has 0 heterocycles. The lowest BCUT2D eigenvalue weighted by Gasteiger charge is -2.16. The highest BCUT2D eigenvalue weighted by atomic mass is 16.1. The molecule has 14 heavy (non-hydrogen) atoms. The largest absolute Gasteiger partial charge is 0.356 e. The molecule has 2 unspecified atom stereocenters. The molecule has 0 bridgehead atoms.